The summed E-state index contributed by atoms with van der Waals surface area (Å²) in [5.41, 5.74) is 0.354. The van der Waals surface area contributed by atoms with E-state index in [2.05, 4.69) is 10.4 Å². The van der Waals surface area contributed by atoms with Crippen LogP contribution in [0.25, 0.3) is 0 Å². The molecule has 0 atom stereocenters. The van der Waals surface area contributed by atoms with Gasteiger partial charge in [0.05, 0.1) is 13.0 Å². The first-order valence-electron chi connectivity index (χ1n) is 4.98. The SMILES string of the molecule is CCOCCC(=O)Nc1nn(C)cc1C#N. The van der Waals surface area contributed by atoms with Crippen LogP contribution in [-0.2, 0) is 16.6 Å². The van der Waals surface area contributed by atoms with Crippen molar-refractivity contribution in [1.29, 1.82) is 5.26 Å². The van der Waals surface area contributed by atoms with Crippen molar-refractivity contribution >= 4 is 11.7 Å². The highest BCUT2D eigenvalue weighted by atomic mass is 16.5. The Balaban J connectivity index is 2.53. The summed E-state index contributed by atoms with van der Waals surface area (Å²) in [7, 11) is 1.69. The molecule has 6 heteroatoms. The van der Waals surface area contributed by atoms with Crippen LogP contribution in [0, 0.1) is 11.3 Å². The molecule has 0 saturated carbocycles. The van der Waals surface area contributed by atoms with Crippen molar-refractivity contribution in [3.05, 3.63) is 11.8 Å². The zero-order chi connectivity index (χ0) is 12.0. The van der Waals surface area contributed by atoms with E-state index in [9.17, 15) is 4.79 Å². The number of amides is 1. The summed E-state index contributed by atoms with van der Waals surface area (Å²) in [5, 5.41) is 15.3. The second-order valence-corrected chi connectivity index (χ2v) is 3.17. The van der Waals surface area contributed by atoms with Crippen LogP contribution in [0.4, 0.5) is 5.82 Å². The number of ether oxygens (including phenoxy) is 1. The van der Waals surface area contributed by atoms with Gasteiger partial charge >= 0.3 is 0 Å². The Kier molecular flexibility index (Phi) is 4.48. The van der Waals surface area contributed by atoms with Gasteiger partial charge in [0.15, 0.2) is 5.82 Å². The highest BCUT2D eigenvalue weighted by Crippen LogP contribution is 2.10. The predicted molar refractivity (Wildman–Crippen MR) is 57.7 cm³/mol. The molecule has 0 spiro atoms. The van der Waals surface area contributed by atoms with Crippen molar-refractivity contribution in [1.82, 2.24) is 9.78 Å². The molecule has 0 unspecified atom stereocenters. The minimum atomic E-state index is -0.205. The molecular formula is C10H14N4O2. The van der Waals surface area contributed by atoms with Crippen molar-refractivity contribution < 1.29 is 9.53 Å². The first-order chi connectivity index (χ1) is 7.67. The van der Waals surface area contributed by atoms with Gasteiger partial charge in [0.25, 0.3) is 0 Å². The normalized spacial score (nSPS) is 9.81. The molecule has 1 amide bonds. The first kappa shape index (κ1) is 12.2. The molecule has 1 rings (SSSR count). The Bertz CT molecular complexity index is 405. The third kappa shape index (κ3) is 3.37. The van der Waals surface area contributed by atoms with Crippen LogP contribution in [0.15, 0.2) is 6.20 Å². The fourth-order valence-corrected chi connectivity index (χ4v) is 1.17. The Morgan fingerprint density at radius 3 is 3.12 bits per heavy atom. The van der Waals surface area contributed by atoms with Gasteiger partial charge in [0, 0.05) is 19.9 Å². The summed E-state index contributed by atoms with van der Waals surface area (Å²) in [6, 6.07) is 1.96. The second-order valence-electron chi connectivity index (χ2n) is 3.17. The van der Waals surface area contributed by atoms with Crippen LogP contribution in [0.3, 0.4) is 0 Å². The Labute approximate surface area is 93.8 Å². The fraction of sp³-hybridized carbons (Fsp3) is 0.500. The quantitative estimate of drug-likeness (QED) is 0.742. The van der Waals surface area contributed by atoms with Crippen molar-refractivity contribution in [3.63, 3.8) is 0 Å². The first-order valence-corrected chi connectivity index (χ1v) is 4.98. The van der Waals surface area contributed by atoms with Crippen molar-refractivity contribution in [3.8, 4) is 6.07 Å². The molecule has 0 aromatic carbocycles. The van der Waals surface area contributed by atoms with Gasteiger partial charge in [0.2, 0.25) is 5.91 Å². The van der Waals surface area contributed by atoms with Gasteiger partial charge in [-0.1, -0.05) is 0 Å². The molecule has 0 bridgehead atoms. The average molecular weight is 222 g/mol. The smallest absolute Gasteiger partial charge is 0.227 e. The highest BCUT2D eigenvalue weighted by molar-refractivity contribution is 5.90. The third-order valence-corrected chi connectivity index (χ3v) is 1.88. The Morgan fingerprint density at radius 2 is 2.50 bits per heavy atom. The molecule has 0 aliphatic rings. The van der Waals surface area contributed by atoms with Gasteiger partial charge in [-0.15, -0.1) is 0 Å². The van der Waals surface area contributed by atoms with E-state index in [1.54, 1.807) is 13.2 Å². The molecular weight excluding hydrogens is 208 g/mol. The molecule has 86 valence electrons. The zero-order valence-electron chi connectivity index (χ0n) is 9.36. The lowest BCUT2D eigenvalue weighted by Crippen LogP contribution is -2.15. The summed E-state index contributed by atoms with van der Waals surface area (Å²) < 4.78 is 6.54. The molecule has 0 aliphatic carbocycles. The fourth-order valence-electron chi connectivity index (χ4n) is 1.17. The minimum Gasteiger partial charge on any atom is -0.381 e. The van der Waals surface area contributed by atoms with E-state index >= 15 is 0 Å². The monoisotopic (exact) mass is 222 g/mol. The van der Waals surface area contributed by atoms with Gasteiger partial charge in [-0.25, -0.2) is 0 Å². The van der Waals surface area contributed by atoms with Crippen LogP contribution < -0.4 is 5.32 Å². The maximum absolute atomic E-state index is 11.4. The lowest BCUT2D eigenvalue weighted by Gasteiger charge is -2.02. The molecule has 0 fully saturated rings. The van der Waals surface area contributed by atoms with Crippen LogP contribution >= 0.6 is 0 Å². The number of hydrogen-bond donors (Lipinski definition) is 1. The lowest BCUT2D eigenvalue weighted by molar-refractivity contribution is -0.117. The van der Waals surface area contributed by atoms with Gasteiger partial charge in [-0.3, -0.25) is 9.48 Å². The molecule has 16 heavy (non-hydrogen) atoms. The van der Waals surface area contributed by atoms with Gasteiger partial charge in [0.1, 0.15) is 11.6 Å². The van der Waals surface area contributed by atoms with Crippen molar-refractivity contribution in [2.45, 2.75) is 13.3 Å². The van der Waals surface area contributed by atoms with Crippen LogP contribution in [0.5, 0.6) is 0 Å². The number of nitriles is 1. The number of hydrogen-bond acceptors (Lipinski definition) is 4. The average Bonchev–Trinajstić information content (AvgIpc) is 2.59. The zero-order valence-corrected chi connectivity index (χ0v) is 9.36. The van der Waals surface area contributed by atoms with Crippen LogP contribution in [0.2, 0.25) is 0 Å². The Hall–Kier alpha value is -1.87. The largest absolute Gasteiger partial charge is 0.381 e. The van der Waals surface area contributed by atoms with E-state index < -0.39 is 0 Å². The molecule has 0 radical (unpaired) electrons. The van der Waals surface area contributed by atoms with Crippen LogP contribution in [-0.4, -0.2) is 28.9 Å². The van der Waals surface area contributed by atoms with Gasteiger partial charge < -0.3 is 10.1 Å². The summed E-state index contributed by atoms with van der Waals surface area (Å²) in [5.74, 6) is 0.0927. The maximum Gasteiger partial charge on any atom is 0.227 e. The number of nitrogens with one attached hydrogen (secondary N) is 1. The molecule has 1 aromatic rings. The van der Waals surface area contributed by atoms with E-state index in [0.717, 1.165) is 0 Å². The number of carbonyl (C=O) groups is 1. The summed E-state index contributed by atoms with van der Waals surface area (Å²) in [6.07, 6.45) is 1.81. The van der Waals surface area contributed by atoms with E-state index in [4.69, 9.17) is 10.00 Å². The number of carbonyl (C=O) groups excluding carboxylic acids is 1. The van der Waals surface area contributed by atoms with Crippen LogP contribution in [0.1, 0.15) is 18.9 Å². The van der Waals surface area contributed by atoms with E-state index in [1.165, 1.54) is 4.68 Å². The van der Waals surface area contributed by atoms with Crippen molar-refractivity contribution in [2.75, 3.05) is 18.5 Å². The molecule has 0 aliphatic heterocycles. The Morgan fingerprint density at radius 1 is 1.75 bits per heavy atom. The molecule has 1 N–H and O–H groups in total. The summed E-state index contributed by atoms with van der Waals surface area (Å²) >= 11 is 0. The molecule has 1 aromatic heterocycles. The number of anilines is 1. The standard InChI is InChI=1S/C10H14N4O2/c1-3-16-5-4-9(15)12-10-8(6-11)7-14(2)13-10/h7H,3-5H2,1-2H3,(H,12,13,15). The molecule has 0 saturated heterocycles. The van der Waals surface area contributed by atoms with E-state index in [-0.39, 0.29) is 12.3 Å². The van der Waals surface area contributed by atoms with Crippen molar-refractivity contribution in [2.24, 2.45) is 7.05 Å². The topological polar surface area (TPSA) is 79.9 Å². The highest BCUT2D eigenvalue weighted by Gasteiger charge is 2.10. The number of rotatable bonds is 5. The van der Waals surface area contributed by atoms with E-state index in [0.29, 0.717) is 24.6 Å². The number of aromatic nitrogens is 2. The third-order valence-electron chi connectivity index (χ3n) is 1.88. The summed E-state index contributed by atoms with van der Waals surface area (Å²) in [4.78, 5) is 11.4. The van der Waals surface area contributed by atoms with Gasteiger partial charge in [-0.05, 0) is 6.92 Å². The minimum absolute atomic E-state index is 0.205. The molecule has 1 heterocycles. The maximum atomic E-state index is 11.4. The second kappa shape index (κ2) is 5.88. The number of nitrogens with zero attached hydrogens (tertiary/aromatic N) is 3. The van der Waals surface area contributed by atoms with Gasteiger partial charge in [-0.2, -0.15) is 10.4 Å². The lowest BCUT2D eigenvalue weighted by atomic mass is 10.3. The molecule has 6 nitrogen and oxygen atoms in total. The number of aryl methyl sites for hydroxylation is 1. The van der Waals surface area contributed by atoms with E-state index in [1.807, 2.05) is 13.0 Å². The predicted octanol–water partition coefficient (Wildman–Crippen LogP) is 0.657. The summed E-state index contributed by atoms with van der Waals surface area (Å²) in [6.45, 7) is 2.82.